The topological polar surface area (TPSA) is 15.8 Å². The summed E-state index contributed by atoms with van der Waals surface area (Å²) in [4.78, 5) is 3.39. The zero-order valence-corrected chi connectivity index (χ0v) is 13.3. The summed E-state index contributed by atoms with van der Waals surface area (Å²) < 4.78 is 1.08. The summed E-state index contributed by atoms with van der Waals surface area (Å²) in [5.41, 5.74) is 4.48. The summed E-state index contributed by atoms with van der Waals surface area (Å²) in [5.74, 6) is 0. The van der Waals surface area contributed by atoms with Gasteiger partial charge in [-0.15, -0.1) is 0 Å². The van der Waals surface area contributed by atoms with E-state index in [1.165, 1.54) is 5.39 Å². The van der Waals surface area contributed by atoms with Crippen molar-refractivity contribution >= 4 is 50.6 Å². The van der Waals surface area contributed by atoms with E-state index in [2.05, 4.69) is 57.3 Å². The van der Waals surface area contributed by atoms with Gasteiger partial charge in [-0.05, 0) is 54.5 Å². The highest BCUT2D eigenvalue weighted by Crippen LogP contribution is 2.22. The van der Waals surface area contributed by atoms with Gasteiger partial charge in [-0.1, -0.05) is 45.7 Å². The molecular formula is C17H13BrClN. The van der Waals surface area contributed by atoms with Crippen molar-refractivity contribution in [3.63, 3.8) is 0 Å². The molecule has 1 aromatic heterocycles. The first-order valence-electron chi connectivity index (χ1n) is 6.34. The smallest absolute Gasteiger partial charge is 0.0469 e. The lowest BCUT2D eigenvalue weighted by atomic mass is 10.1. The van der Waals surface area contributed by atoms with Crippen molar-refractivity contribution in [2.24, 2.45) is 0 Å². The number of halogens is 2. The van der Waals surface area contributed by atoms with Crippen LogP contribution in [-0.2, 0) is 0 Å². The SMILES string of the molecule is Cc1cc(Cl)cc(/C=C/c2cc3ccc(Br)cc3[nH]2)c1. The molecule has 20 heavy (non-hydrogen) atoms. The molecule has 1 nitrogen and oxygen atoms in total. The molecule has 0 radical (unpaired) electrons. The van der Waals surface area contributed by atoms with Gasteiger partial charge >= 0.3 is 0 Å². The third kappa shape index (κ3) is 2.97. The van der Waals surface area contributed by atoms with Gasteiger partial charge in [-0.25, -0.2) is 0 Å². The lowest BCUT2D eigenvalue weighted by Gasteiger charge is -1.98. The van der Waals surface area contributed by atoms with E-state index in [9.17, 15) is 0 Å². The van der Waals surface area contributed by atoms with Crippen molar-refractivity contribution in [3.05, 3.63) is 68.8 Å². The molecule has 3 aromatic rings. The maximum Gasteiger partial charge on any atom is 0.0469 e. The Morgan fingerprint density at radius 1 is 1.05 bits per heavy atom. The number of benzene rings is 2. The molecule has 0 unspecified atom stereocenters. The Balaban J connectivity index is 1.93. The average molecular weight is 347 g/mol. The molecule has 0 aliphatic carbocycles. The van der Waals surface area contributed by atoms with Crippen LogP contribution in [0.5, 0.6) is 0 Å². The Morgan fingerprint density at radius 2 is 1.90 bits per heavy atom. The first-order valence-corrected chi connectivity index (χ1v) is 7.51. The van der Waals surface area contributed by atoms with E-state index in [1.54, 1.807) is 0 Å². The van der Waals surface area contributed by atoms with Crippen molar-refractivity contribution in [2.45, 2.75) is 6.92 Å². The van der Waals surface area contributed by atoms with Crippen LogP contribution in [0.3, 0.4) is 0 Å². The highest BCUT2D eigenvalue weighted by molar-refractivity contribution is 9.10. The van der Waals surface area contributed by atoms with Crippen LogP contribution in [0.4, 0.5) is 0 Å². The minimum Gasteiger partial charge on any atom is -0.355 e. The standard InChI is InChI=1S/C17H13BrClN/c1-11-6-12(8-15(19)7-11)2-5-16-9-13-3-4-14(18)10-17(13)20-16/h2-10,20H,1H3/b5-2+. The van der Waals surface area contributed by atoms with Crippen LogP contribution in [0.25, 0.3) is 23.1 Å². The zero-order chi connectivity index (χ0) is 14.1. The van der Waals surface area contributed by atoms with Crippen molar-refractivity contribution in [3.8, 4) is 0 Å². The fourth-order valence-corrected chi connectivity index (χ4v) is 2.92. The number of hydrogen-bond donors (Lipinski definition) is 1. The number of hydrogen-bond acceptors (Lipinski definition) is 0. The highest BCUT2D eigenvalue weighted by Gasteiger charge is 1.99. The molecule has 0 bridgehead atoms. The predicted octanol–water partition coefficient (Wildman–Crippen LogP) is 6.06. The number of aromatic nitrogens is 1. The van der Waals surface area contributed by atoms with Gasteiger partial charge in [0.15, 0.2) is 0 Å². The number of H-pyrrole nitrogens is 1. The van der Waals surface area contributed by atoms with Gasteiger partial charge in [0.1, 0.15) is 0 Å². The average Bonchev–Trinajstić information content (AvgIpc) is 2.77. The summed E-state index contributed by atoms with van der Waals surface area (Å²) in [5, 5.41) is 1.97. The van der Waals surface area contributed by atoms with Crippen LogP contribution in [0.2, 0.25) is 5.02 Å². The van der Waals surface area contributed by atoms with Gasteiger partial charge in [-0.2, -0.15) is 0 Å². The Hall–Kier alpha value is -1.51. The second-order valence-corrected chi connectivity index (χ2v) is 6.20. The van der Waals surface area contributed by atoms with Gasteiger partial charge in [0.2, 0.25) is 0 Å². The maximum absolute atomic E-state index is 6.07. The van der Waals surface area contributed by atoms with E-state index >= 15 is 0 Å². The summed E-state index contributed by atoms with van der Waals surface area (Å²) in [7, 11) is 0. The Bertz CT molecular complexity index is 782. The Kier molecular flexibility index (Phi) is 3.68. The minimum atomic E-state index is 0.769. The first kappa shape index (κ1) is 13.5. The molecule has 0 saturated heterocycles. The molecular weight excluding hydrogens is 334 g/mol. The largest absolute Gasteiger partial charge is 0.355 e. The van der Waals surface area contributed by atoms with Crippen molar-refractivity contribution in [1.82, 2.24) is 4.98 Å². The molecule has 0 aliphatic rings. The molecule has 0 saturated carbocycles. The number of aromatic amines is 1. The Labute approximate surface area is 131 Å². The normalized spacial score (nSPS) is 11.6. The summed E-state index contributed by atoms with van der Waals surface area (Å²) in [6.45, 7) is 2.05. The molecule has 2 aromatic carbocycles. The quantitative estimate of drug-likeness (QED) is 0.580. The molecule has 3 rings (SSSR count). The number of rotatable bonds is 2. The van der Waals surface area contributed by atoms with E-state index in [4.69, 9.17) is 11.6 Å². The molecule has 1 N–H and O–H groups in total. The monoisotopic (exact) mass is 345 g/mol. The molecule has 0 fully saturated rings. The third-order valence-electron chi connectivity index (χ3n) is 3.13. The summed E-state index contributed by atoms with van der Waals surface area (Å²) in [6, 6.07) is 14.4. The molecule has 1 heterocycles. The fourth-order valence-electron chi connectivity index (χ4n) is 2.26. The van der Waals surface area contributed by atoms with E-state index in [0.717, 1.165) is 31.8 Å². The number of nitrogens with one attached hydrogen (secondary N) is 1. The van der Waals surface area contributed by atoms with Crippen LogP contribution in [0.15, 0.2) is 46.9 Å². The molecule has 100 valence electrons. The van der Waals surface area contributed by atoms with Crippen molar-refractivity contribution in [1.29, 1.82) is 0 Å². The molecule has 0 amide bonds. The lowest BCUT2D eigenvalue weighted by Crippen LogP contribution is -1.77. The van der Waals surface area contributed by atoms with Gasteiger partial charge in [-0.3, -0.25) is 0 Å². The van der Waals surface area contributed by atoms with E-state index in [1.807, 2.05) is 25.1 Å². The minimum absolute atomic E-state index is 0.769. The second kappa shape index (κ2) is 5.47. The third-order valence-corrected chi connectivity index (χ3v) is 3.84. The van der Waals surface area contributed by atoms with Crippen LogP contribution < -0.4 is 0 Å². The van der Waals surface area contributed by atoms with Crippen LogP contribution in [0, 0.1) is 6.92 Å². The van der Waals surface area contributed by atoms with Gasteiger partial charge in [0, 0.05) is 26.1 Å². The zero-order valence-electron chi connectivity index (χ0n) is 11.0. The molecule has 0 aliphatic heterocycles. The molecule has 3 heteroatoms. The maximum atomic E-state index is 6.07. The van der Waals surface area contributed by atoms with E-state index < -0.39 is 0 Å². The van der Waals surface area contributed by atoms with E-state index in [0.29, 0.717) is 0 Å². The van der Waals surface area contributed by atoms with Gasteiger partial charge in [0.25, 0.3) is 0 Å². The highest BCUT2D eigenvalue weighted by atomic mass is 79.9. The number of aryl methyl sites for hydroxylation is 1. The van der Waals surface area contributed by atoms with E-state index in [-0.39, 0.29) is 0 Å². The van der Waals surface area contributed by atoms with Crippen LogP contribution in [0.1, 0.15) is 16.8 Å². The summed E-state index contributed by atoms with van der Waals surface area (Å²) >= 11 is 9.55. The van der Waals surface area contributed by atoms with Crippen molar-refractivity contribution < 1.29 is 0 Å². The molecule has 0 atom stereocenters. The predicted molar refractivity (Wildman–Crippen MR) is 91.1 cm³/mol. The first-order chi connectivity index (χ1) is 9.60. The number of fused-ring (bicyclic) bond motifs is 1. The van der Waals surface area contributed by atoms with Crippen LogP contribution >= 0.6 is 27.5 Å². The fraction of sp³-hybridized carbons (Fsp3) is 0.0588. The van der Waals surface area contributed by atoms with Gasteiger partial charge < -0.3 is 4.98 Å². The lowest BCUT2D eigenvalue weighted by molar-refractivity contribution is 1.43. The van der Waals surface area contributed by atoms with Crippen molar-refractivity contribution in [2.75, 3.05) is 0 Å². The summed E-state index contributed by atoms with van der Waals surface area (Å²) in [6.07, 6.45) is 4.14. The second-order valence-electron chi connectivity index (χ2n) is 4.85. The van der Waals surface area contributed by atoms with Gasteiger partial charge in [0.05, 0.1) is 0 Å². The Morgan fingerprint density at radius 3 is 2.70 bits per heavy atom. The van der Waals surface area contributed by atoms with Crippen LogP contribution in [-0.4, -0.2) is 4.98 Å². The molecule has 0 spiro atoms.